The van der Waals surface area contributed by atoms with Crippen LogP contribution in [-0.2, 0) is 5.75 Å². The Balaban J connectivity index is 1.31. The van der Waals surface area contributed by atoms with Gasteiger partial charge in [-0.25, -0.2) is 4.98 Å². The van der Waals surface area contributed by atoms with Crippen molar-refractivity contribution >= 4 is 45.9 Å². The molecule has 3 N–H and O–H groups in total. The quantitative estimate of drug-likeness (QED) is 0.344. The summed E-state index contributed by atoms with van der Waals surface area (Å²) in [6, 6.07) is 18.6. The van der Waals surface area contributed by atoms with Crippen molar-refractivity contribution in [3.05, 3.63) is 82.0 Å². The van der Waals surface area contributed by atoms with Gasteiger partial charge in [0.1, 0.15) is 0 Å². The number of amides is 2. The van der Waals surface area contributed by atoms with E-state index in [4.69, 9.17) is 0 Å². The maximum Gasteiger partial charge on any atom is 0.279 e. The molecule has 2 aromatic carbocycles. The number of rotatable bonds is 5. The van der Waals surface area contributed by atoms with Crippen molar-refractivity contribution in [1.82, 2.24) is 20.8 Å². The molecule has 0 bridgehead atoms. The van der Waals surface area contributed by atoms with Crippen molar-refractivity contribution in [3.63, 3.8) is 0 Å². The normalized spacial score (nSPS) is 10.7. The van der Waals surface area contributed by atoms with Gasteiger partial charge in [-0.05, 0) is 41.3 Å². The van der Waals surface area contributed by atoms with Crippen LogP contribution in [0, 0.1) is 0 Å². The van der Waals surface area contributed by atoms with Crippen LogP contribution < -0.4 is 10.9 Å². The average molecular weight is 409 g/mol. The zero-order chi connectivity index (χ0) is 19.3. The maximum absolute atomic E-state index is 12.2. The van der Waals surface area contributed by atoms with Crippen LogP contribution in [0.25, 0.3) is 11.0 Å². The number of hydrogen-bond donors (Lipinski definition) is 3. The summed E-state index contributed by atoms with van der Waals surface area (Å²) >= 11 is 2.92. The van der Waals surface area contributed by atoms with E-state index in [1.54, 1.807) is 41.4 Å². The molecule has 4 aromatic rings. The van der Waals surface area contributed by atoms with Gasteiger partial charge < -0.3 is 4.98 Å². The predicted octanol–water partition coefficient (Wildman–Crippen LogP) is 3.99. The molecule has 0 aliphatic rings. The number of imidazole rings is 1. The Bertz CT molecular complexity index is 1070. The maximum atomic E-state index is 12.2. The minimum atomic E-state index is -0.360. The molecule has 28 heavy (non-hydrogen) atoms. The molecular weight excluding hydrogens is 392 g/mol. The minimum absolute atomic E-state index is 0.331. The number of para-hydroxylation sites is 2. The second kappa shape index (κ2) is 8.28. The van der Waals surface area contributed by atoms with Gasteiger partial charge in [0.25, 0.3) is 11.8 Å². The van der Waals surface area contributed by atoms with Gasteiger partial charge in [-0.1, -0.05) is 42.1 Å². The van der Waals surface area contributed by atoms with Crippen molar-refractivity contribution in [2.75, 3.05) is 0 Å². The molecule has 4 rings (SSSR count). The van der Waals surface area contributed by atoms with Crippen LogP contribution in [0.1, 0.15) is 25.6 Å². The number of carbonyl (C=O) groups is 2. The molecule has 0 unspecified atom stereocenters. The van der Waals surface area contributed by atoms with Crippen molar-refractivity contribution in [3.8, 4) is 0 Å². The molecule has 140 valence electrons. The number of thiophene rings is 1. The van der Waals surface area contributed by atoms with Gasteiger partial charge in [0, 0.05) is 11.3 Å². The minimum Gasteiger partial charge on any atom is -0.333 e. The van der Waals surface area contributed by atoms with Gasteiger partial charge >= 0.3 is 0 Å². The average Bonchev–Trinajstić information content (AvgIpc) is 3.40. The third-order valence-electron chi connectivity index (χ3n) is 3.99. The number of aromatic amines is 1. The van der Waals surface area contributed by atoms with Crippen molar-refractivity contribution in [2.45, 2.75) is 10.9 Å². The van der Waals surface area contributed by atoms with Gasteiger partial charge in [-0.2, -0.15) is 0 Å². The lowest BCUT2D eigenvalue weighted by molar-refractivity contribution is 0.0849. The van der Waals surface area contributed by atoms with Gasteiger partial charge in [0.2, 0.25) is 0 Å². The third kappa shape index (κ3) is 4.24. The van der Waals surface area contributed by atoms with Crippen LogP contribution in [-0.4, -0.2) is 21.8 Å². The molecule has 0 aliphatic carbocycles. The van der Waals surface area contributed by atoms with Crippen molar-refractivity contribution in [2.24, 2.45) is 0 Å². The van der Waals surface area contributed by atoms with Gasteiger partial charge in [-0.15, -0.1) is 11.3 Å². The third-order valence-corrected chi connectivity index (χ3v) is 5.81. The van der Waals surface area contributed by atoms with E-state index in [-0.39, 0.29) is 11.8 Å². The summed E-state index contributed by atoms with van der Waals surface area (Å²) in [7, 11) is 0. The van der Waals surface area contributed by atoms with Crippen LogP contribution in [0.3, 0.4) is 0 Å². The van der Waals surface area contributed by atoms with Gasteiger partial charge in [0.15, 0.2) is 5.16 Å². The first-order valence-corrected chi connectivity index (χ1v) is 10.4. The van der Waals surface area contributed by atoms with Crippen molar-refractivity contribution in [1.29, 1.82) is 0 Å². The topological polar surface area (TPSA) is 86.9 Å². The van der Waals surface area contributed by atoms with Crippen molar-refractivity contribution < 1.29 is 9.59 Å². The van der Waals surface area contributed by atoms with Gasteiger partial charge in [-0.3, -0.25) is 20.4 Å². The van der Waals surface area contributed by atoms with Gasteiger partial charge in [0.05, 0.1) is 15.9 Å². The zero-order valence-corrected chi connectivity index (χ0v) is 16.3. The highest BCUT2D eigenvalue weighted by Crippen LogP contribution is 2.23. The number of aromatic nitrogens is 2. The fraction of sp³-hybridized carbons (Fsp3) is 0.0500. The monoisotopic (exact) mass is 408 g/mol. The first-order chi connectivity index (χ1) is 13.7. The first kappa shape index (κ1) is 18.3. The molecule has 0 radical (unpaired) electrons. The molecule has 0 fully saturated rings. The fourth-order valence-electron chi connectivity index (χ4n) is 2.56. The van der Waals surface area contributed by atoms with E-state index in [1.165, 1.54) is 11.3 Å². The molecule has 0 atom stereocenters. The Morgan fingerprint density at radius 1 is 0.964 bits per heavy atom. The summed E-state index contributed by atoms with van der Waals surface area (Å²) in [6.07, 6.45) is 0. The van der Waals surface area contributed by atoms with E-state index in [1.807, 2.05) is 36.4 Å². The van der Waals surface area contributed by atoms with Crippen LogP contribution in [0.2, 0.25) is 0 Å². The lowest BCUT2D eigenvalue weighted by Gasteiger charge is -2.07. The number of benzene rings is 2. The summed E-state index contributed by atoms with van der Waals surface area (Å²) in [5.41, 5.74) is 8.35. The van der Waals surface area contributed by atoms with E-state index in [0.717, 1.165) is 27.5 Å². The lowest BCUT2D eigenvalue weighted by Crippen LogP contribution is -2.41. The molecule has 8 heteroatoms. The standard InChI is InChI=1S/C20H16N4O2S2/c25-18(23-24-19(26)17-6-3-11-27-17)14-9-7-13(8-10-14)12-28-20-21-15-4-1-2-5-16(15)22-20/h1-11H,12H2,(H,21,22)(H,23,25)(H,24,26). The van der Waals surface area contributed by atoms with Crippen LogP contribution in [0.5, 0.6) is 0 Å². The number of fused-ring (bicyclic) bond motifs is 1. The summed E-state index contributed by atoms with van der Waals surface area (Å²) in [4.78, 5) is 32.4. The summed E-state index contributed by atoms with van der Waals surface area (Å²) in [6.45, 7) is 0. The number of thioether (sulfide) groups is 1. The second-order valence-electron chi connectivity index (χ2n) is 5.93. The molecule has 0 saturated heterocycles. The smallest absolute Gasteiger partial charge is 0.279 e. The number of H-pyrrole nitrogens is 1. The van der Waals surface area contributed by atoms with Crippen LogP contribution >= 0.6 is 23.1 Å². The Kier molecular flexibility index (Phi) is 5.41. The summed E-state index contributed by atoms with van der Waals surface area (Å²) in [5.74, 6) is 0.0419. The molecular formula is C20H16N4O2S2. The lowest BCUT2D eigenvalue weighted by atomic mass is 10.1. The largest absolute Gasteiger partial charge is 0.333 e. The number of nitrogens with zero attached hydrogens (tertiary/aromatic N) is 1. The molecule has 6 nitrogen and oxygen atoms in total. The Morgan fingerprint density at radius 3 is 2.50 bits per heavy atom. The number of carbonyl (C=O) groups excluding carboxylic acids is 2. The van der Waals surface area contributed by atoms with E-state index >= 15 is 0 Å². The highest BCUT2D eigenvalue weighted by Gasteiger charge is 2.10. The first-order valence-electron chi connectivity index (χ1n) is 8.50. The van der Waals surface area contributed by atoms with Crippen LogP contribution in [0.15, 0.2) is 71.2 Å². The fourth-order valence-corrected chi connectivity index (χ4v) is 4.02. The molecule has 2 aromatic heterocycles. The molecule has 0 saturated carbocycles. The zero-order valence-electron chi connectivity index (χ0n) is 14.6. The number of hydrogen-bond acceptors (Lipinski definition) is 5. The highest BCUT2D eigenvalue weighted by molar-refractivity contribution is 7.98. The highest BCUT2D eigenvalue weighted by atomic mass is 32.2. The van der Waals surface area contributed by atoms with E-state index in [9.17, 15) is 9.59 Å². The molecule has 0 spiro atoms. The number of nitrogens with one attached hydrogen (secondary N) is 3. The van der Waals surface area contributed by atoms with E-state index in [0.29, 0.717) is 10.4 Å². The Morgan fingerprint density at radius 2 is 1.75 bits per heavy atom. The van der Waals surface area contributed by atoms with E-state index in [2.05, 4.69) is 20.8 Å². The second-order valence-corrected chi connectivity index (χ2v) is 7.84. The van der Waals surface area contributed by atoms with Crippen LogP contribution in [0.4, 0.5) is 0 Å². The molecule has 2 heterocycles. The summed E-state index contributed by atoms with van der Waals surface area (Å²) < 4.78 is 0. The Labute approximate surface area is 169 Å². The molecule has 2 amide bonds. The predicted molar refractivity (Wildman–Crippen MR) is 111 cm³/mol. The molecule has 0 aliphatic heterocycles. The SMILES string of the molecule is O=C(NNC(=O)c1cccs1)c1ccc(CSc2nc3ccccc3[nH]2)cc1. The van der Waals surface area contributed by atoms with E-state index < -0.39 is 0 Å². The number of hydrazine groups is 1. The summed E-state index contributed by atoms with van der Waals surface area (Å²) in [5, 5.41) is 2.66. The Hall–Kier alpha value is -3.10.